The van der Waals surface area contributed by atoms with Crippen LogP contribution < -0.4 is 15.2 Å². The van der Waals surface area contributed by atoms with Crippen LogP contribution in [-0.2, 0) is 10.0 Å². The summed E-state index contributed by atoms with van der Waals surface area (Å²) in [6.07, 6.45) is 10.4. The molecule has 5 fully saturated rings. The first kappa shape index (κ1) is 27.7. The van der Waals surface area contributed by atoms with Gasteiger partial charge in [-0.05, 0) is 82.9 Å². The van der Waals surface area contributed by atoms with Gasteiger partial charge in [0.25, 0.3) is 0 Å². The third kappa shape index (κ3) is 5.05. The van der Waals surface area contributed by atoms with Gasteiger partial charge in [-0.2, -0.15) is 14.1 Å². The number of piperazine rings is 1. The Balaban J connectivity index is 0.000000355. The number of nitrogens with zero attached hydrogens (tertiary/aromatic N) is 4. The standard InChI is InChI=1S/C23H29FN4O4S.C6H10O/c1-16(2)33(30,31)27-11-9-26(10-12-27)20-15-25-28(19-7-3-6-18(24)13-19)22(29)21(20)32-23-8-4-5-17(23)14-23;7-6-3-1-2-5(6)4-6/h3,6-7,13,15-17H,4-5,8-12,14H2,1-2H3;5,7H,1-4H2/t;5-,6-/m.1/s1. The Kier molecular flexibility index (Phi) is 6.98. The van der Waals surface area contributed by atoms with Crippen molar-refractivity contribution in [3.63, 3.8) is 0 Å². The van der Waals surface area contributed by atoms with E-state index in [1.165, 1.54) is 40.0 Å². The van der Waals surface area contributed by atoms with Crippen molar-refractivity contribution in [2.24, 2.45) is 11.8 Å². The Bertz CT molecular complexity index is 1440. The average Bonchev–Trinajstić information content (AvgIpc) is 3.68. The highest BCUT2D eigenvalue weighted by Gasteiger charge is 2.60. The van der Waals surface area contributed by atoms with E-state index >= 15 is 0 Å². The van der Waals surface area contributed by atoms with E-state index in [9.17, 15) is 22.7 Å². The average molecular weight is 575 g/mol. The summed E-state index contributed by atoms with van der Waals surface area (Å²) in [7, 11) is -3.33. The maximum atomic E-state index is 13.8. The highest BCUT2D eigenvalue weighted by molar-refractivity contribution is 7.89. The van der Waals surface area contributed by atoms with Crippen LogP contribution in [-0.4, -0.2) is 70.2 Å². The van der Waals surface area contributed by atoms with Crippen LogP contribution in [0.15, 0.2) is 35.3 Å². The van der Waals surface area contributed by atoms with E-state index in [0.717, 1.165) is 38.5 Å². The molecule has 40 heavy (non-hydrogen) atoms. The van der Waals surface area contributed by atoms with Crippen molar-refractivity contribution in [2.75, 3.05) is 31.1 Å². The van der Waals surface area contributed by atoms with Crippen LogP contribution in [0.4, 0.5) is 10.1 Å². The summed E-state index contributed by atoms with van der Waals surface area (Å²) in [6.45, 7) is 4.89. The van der Waals surface area contributed by atoms with Crippen molar-refractivity contribution < 1.29 is 22.7 Å². The minimum atomic E-state index is -3.33. The number of ether oxygens (including phenoxy) is 1. The monoisotopic (exact) mass is 574 g/mol. The number of fused-ring (bicyclic) bond motifs is 2. The van der Waals surface area contributed by atoms with Crippen LogP contribution in [0.3, 0.4) is 0 Å². The minimum absolute atomic E-state index is 0.139. The summed E-state index contributed by atoms with van der Waals surface area (Å²) >= 11 is 0. The first-order chi connectivity index (χ1) is 19.0. The van der Waals surface area contributed by atoms with Crippen LogP contribution in [0.5, 0.6) is 5.75 Å². The predicted octanol–water partition coefficient (Wildman–Crippen LogP) is 3.47. The lowest BCUT2D eigenvalue weighted by Crippen LogP contribution is -2.50. The third-order valence-corrected chi connectivity index (χ3v) is 11.8. The Morgan fingerprint density at radius 2 is 1.80 bits per heavy atom. The molecule has 1 aliphatic heterocycles. The lowest BCUT2D eigenvalue weighted by molar-refractivity contribution is 0.142. The second kappa shape index (κ2) is 10.1. The predicted molar refractivity (Wildman–Crippen MR) is 150 cm³/mol. The van der Waals surface area contributed by atoms with Crippen LogP contribution in [0.2, 0.25) is 0 Å². The Labute approximate surface area is 235 Å². The number of benzene rings is 1. The van der Waals surface area contributed by atoms with Crippen molar-refractivity contribution in [2.45, 2.75) is 81.7 Å². The number of aromatic nitrogens is 2. The molecule has 4 aliphatic carbocycles. The molecule has 4 atom stereocenters. The van der Waals surface area contributed by atoms with Crippen molar-refractivity contribution in [1.82, 2.24) is 14.1 Å². The maximum Gasteiger partial charge on any atom is 0.316 e. The molecule has 1 N–H and O–H groups in total. The van der Waals surface area contributed by atoms with E-state index in [1.54, 1.807) is 26.1 Å². The smallest absolute Gasteiger partial charge is 0.316 e. The van der Waals surface area contributed by atoms with Gasteiger partial charge in [-0.25, -0.2) is 12.8 Å². The number of rotatable bonds is 6. The molecule has 1 saturated heterocycles. The molecule has 4 saturated carbocycles. The van der Waals surface area contributed by atoms with Gasteiger partial charge in [-0.3, -0.25) is 4.79 Å². The fourth-order valence-corrected chi connectivity index (χ4v) is 8.05. The van der Waals surface area contributed by atoms with Crippen molar-refractivity contribution in [3.05, 3.63) is 46.6 Å². The van der Waals surface area contributed by atoms with E-state index in [2.05, 4.69) is 5.10 Å². The molecule has 218 valence electrons. The Morgan fingerprint density at radius 3 is 2.33 bits per heavy atom. The number of halogens is 1. The molecule has 2 aromatic rings. The molecule has 5 aliphatic rings. The van der Waals surface area contributed by atoms with Crippen LogP contribution in [0, 0.1) is 17.7 Å². The SMILES string of the molecule is CC(C)S(=O)(=O)N1CCN(c2cnn(-c3cccc(F)c3)c(=O)c2OC23CCCC2C3)CC1.O[C@@]12CCC[C@@H]1C2. The summed E-state index contributed by atoms with van der Waals surface area (Å²) in [5, 5.41) is 13.1. The molecule has 0 spiro atoms. The highest BCUT2D eigenvalue weighted by Crippen LogP contribution is 2.58. The van der Waals surface area contributed by atoms with Gasteiger partial charge in [0.15, 0.2) is 0 Å². The van der Waals surface area contributed by atoms with Gasteiger partial charge >= 0.3 is 5.56 Å². The molecular formula is C29H39FN4O5S. The minimum Gasteiger partial charge on any atom is -0.479 e. The molecule has 2 heterocycles. The van der Waals surface area contributed by atoms with Crippen molar-refractivity contribution in [3.8, 4) is 11.4 Å². The number of hydrogen-bond acceptors (Lipinski definition) is 7. The van der Waals surface area contributed by atoms with E-state index in [-0.39, 0.29) is 17.0 Å². The molecule has 1 aromatic carbocycles. The first-order valence-corrected chi connectivity index (χ1v) is 16.1. The summed E-state index contributed by atoms with van der Waals surface area (Å²) in [5.41, 5.74) is 0.0432. The van der Waals surface area contributed by atoms with Crippen LogP contribution in [0.1, 0.15) is 65.2 Å². The molecule has 0 radical (unpaired) electrons. The van der Waals surface area contributed by atoms with E-state index < -0.39 is 26.6 Å². The number of hydrogen-bond donors (Lipinski definition) is 1. The molecule has 2 unspecified atom stereocenters. The zero-order valence-electron chi connectivity index (χ0n) is 23.3. The van der Waals surface area contributed by atoms with Crippen molar-refractivity contribution in [1.29, 1.82) is 0 Å². The van der Waals surface area contributed by atoms with Crippen LogP contribution in [0.25, 0.3) is 5.69 Å². The third-order valence-electron chi connectivity index (χ3n) is 9.50. The van der Waals surface area contributed by atoms with Gasteiger partial charge in [0.1, 0.15) is 17.1 Å². The van der Waals surface area contributed by atoms with E-state index in [0.29, 0.717) is 49.4 Å². The first-order valence-electron chi connectivity index (χ1n) is 14.6. The van der Waals surface area contributed by atoms with Gasteiger partial charge in [0, 0.05) is 32.1 Å². The topological polar surface area (TPSA) is 105 Å². The highest BCUT2D eigenvalue weighted by atomic mass is 32.2. The molecule has 0 amide bonds. The van der Waals surface area contributed by atoms with Crippen LogP contribution >= 0.6 is 0 Å². The van der Waals surface area contributed by atoms with E-state index in [1.807, 2.05) is 4.90 Å². The molecule has 0 bridgehead atoms. The summed E-state index contributed by atoms with van der Waals surface area (Å²) in [6, 6.07) is 5.75. The fourth-order valence-electron chi connectivity index (χ4n) is 6.78. The van der Waals surface area contributed by atoms with Crippen molar-refractivity contribution >= 4 is 15.7 Å². The normalized spacial score (nSPS) is 30.9. The quantitative estimate of drug-likeness (QED) is 0.563. The van der Waals surface area contributed by atoms with Gasteiger partial charge in [-0.15, -0.1) is 0 Å². The molecule has 11 heteroatoms. The zero-order valence-corrected chi connectivity index (χ0v) is 24.1. The number of aliphatic hydroxyl groups is 1. The molecule has 1 aromatic heterocycles. The second-order valence-electron chi connectivity index (χ2n) is 12.4. The van der Waals surface area contributed by atoms with Gasteiger partial charge < -0.3 is 14.7 Å². The fraction of sp³-hybridized carbons (Fsp3) is 0.655. The maximum absolute atomic E-state index is 13.8. The van der Waals surface area contributed by atoms with Gasteiger partial charge in [0.05, 0.1) is 22.7 Å². The molecule has 9 nitrogen and oxygen atoms in total. The largest absolute Gasteiger partial charge is 0.479 e. The molecular weight excluding hydrogens is 535 g/mol. The molecule has 7 rings (SSSR count). The van der Waals surface area contributed by atoms with Gasteiger partial charge in [0.2, 0.25) is 15.8 Å². The Hall–Kier alpha value is -2.50. The Morgan fingerprint density at radius 1 is 1.07 bits per heavy atom. The summed E-state index contributed by atoms with van der Waals surface area (Å²) in [5.74, 6) is 0.951. The van der Waals surface area contributed by atoms with Gasteiger partial charge in [-0.1, -0.05) is 12.5 Å². The second-order valence-corrected chi connectivity index (χ2v) is 14.9. The summed E-state index contributed by atoms with van der Waals surface area (Å²) < 4.78 is 48.0. The zero-order chi connectivity index (χ0) is 28.3. The number of sulfonamides is 1. The number of anilines is 1. The van der Waals surface area contributed by atoms with E-state index in [4.69, 9.17) is 4.74 Å². The summed E-state index contributed by atoms with van der Waals surface area (Å²) in [4.78, 5) is 15.5. The lowest BCUT2D eigenvalue weighted by atomic mass is 10.2. The lowest BCUT2D eigenvalue weighted by Gasteiger charge is -2.36.